The average Bonchev–Trinajstić information content (AvgIpc) is 2.88. The number of ether oxygens (including phenoxy) is 1. The molecule has 2 aliphatic rings. The SMILES string of the molecule is O=C(OCC(=O)N1CCN(S(=O)(=O)c2ccc(F)cc2)CC1)C1CCN(c2ncccn2)CC1. The molecule has 0 bridgehead atoms. The van der Waals surface area contributed by atoms with Crippen LogP contribution >= 0.6 is 0 Å². The van der Waals surface area contributed by atoms with Crippen LogP contribution in [0, 0.1) is 11.7 Å². The molecular weight excluding hydrogens is 465 g/mol. The number of nitrogens with zero attached hydrogens (tertiary/aromatic N) is 5. The lowest BCUT2D eigenvalue weighted by atomic mass is 9.97. The van der Waals surface area contributed by atoms with Gasteiger partial charge in [0.15, 0.2) is 6.61 Å². The van der Waals surface area contributed by atoms with Gasteiger partial charge in [-0.25, -0.2) is 22.8 Å². The molecule has 0 aliphatic carbocycles. The van der Waals surface area contributed by atoms with Crippen LogP contribution < -0.4 is 4.90 Å². The van der Waals surface area contributed by atoms with Crippen LogP contribution in [0.3, 0.4) is 0 Å². The Labute approximate surface area is 197 Å². The number of amides is 1. The molecule has 0 radical (unpaired) electrons. The summed E-state index contributed by atoms with van der Waals surface area (Å²) in [5.74, 6) is -0.933. The van der Waals surface area contributed by atoms with Gasteiger partial charge in [-0.2, -0.15) is 4.31 Å². The molecule has 2 fully saturated rings. The van der Waals surface area contributed by atoms with E-state index in [2.05, 4.69) is 9.97 Å². The summed E-state index contributed by atoms with van der Waals surface area (Å²) in [7, 11) is -3.76. The Balaban J connectivity index is 1.21. The van der Waals surface area contributed by atoms with Crippen LogP contribution in [0.4, 0.5) is 10.3 Å². The first kappa shape index (κ1) is 24.0. The lowest BCUT2D eigenvalue weighted by molar-refractivity contribution is -0.156. The highest BCUT2D eigenvalue weighted by Gasteiger charge is 2.31. The molecule has 10 nitrogen and oxygen atoms in total. The number of carbonyl (C=O) groups is 2. The lowest BCUT2D eigenvalue weighted by Crippen LogP contribution is -2.51. The number of anilines is 1. The normalized spacial score (nSPS) is 18.0. The molecule has 1 aromatic heterocycles. The largest absolute Gasteiger partial charge is 0.455 e. The van der Waals surface area contributed by atoms with E-state index in [4.69, 9.17) is 4.74 Å². The van der Waals surface area contributed by atoms with Gasteiger partial charge in [-0.05, 0) is 43.2 Å². The van der Waals surface area contributed by atoms with Crippen molar-refractivity contribution in [1.82, 2.24) is 19.2 Å². The molecule has 0 N–H and O–H groups in total. The summed E-state index contributed by atoms with van der Waals surface area (Å²) in [6, 6.07) is 6.38. The van der Waals surface area contributed by atoms with E-state index in [-0.39, 0.29) is 49.5 Å². The molecule has 3 heterocycles. The zero-order valence-corrected chi connectivity index (χ0v) is 19.4. The highest BCUT2D eigenvalue weighted by molar-refractivity contribution is 7.89. The molecule has 12 heteroatoms. The van der Waals surface area contributed by atoms with Crippen LogP contribution in [0.2, 0.25) is 0 Å². The van der Waals surface area contributed by atoms with Crippen molar-refractivity contribution in [3.8, 4) is 0 Å². The van der Waals surface area contributed by atoms with Gasteiger partial charge in [-0.15, -0.1) is 0 Å². The molecule has 34 heavy (non-hydrogen) atoms. The van der Waals surface area contributed by atoms with Crippen LogP contribution in [-0.2, 0) is 24.3 Å². The number of hydrogen-bond donors (Lipinski definition) is 0. The Bertz CT molecular complexity index is 1100. The van der Waals surface area contributed by atoms with E-state index in [9.17, 15) is 22.4 Å². The number of piperidine rings is 1. The maximum atomic E-state index is 13.1. The summed E-state index contributed by atoms with van der Waals surface area (Å²) < 4.78 is 45.0. The van der Waals surface area contributed by atoms with E-state index in [1.54, 1.807) is 18.5 Å². The van der Waals surface area contributed by atoms with Gasteiger partial charge in [-0.3, -0.25) is 9.59 Å². The minimum Gasteiger partial charge on any atom is -0.455 e. The highest BCUT2D eigenvalue weighted by atomic mass is 32.2. The van der Waals surface area contributed by atoms with Gasteiger partial charge in [0, 0.05) is 51.7 Å². The fourth-order valence-corrected chi connectivity index (χ4v) is 5.47. The molecule has 2 aromatic rings. The Kier molecular flexibility index (Phi) is 7.37. The van der Waals surface area contributed by atoms with E-state index >= 15 is 0 Å². The van der Waals surface area contributed by atoms with E-state index < -0.39 is 21.8 Å². The van der Waals surface area contributed by atoms with Gasteiger partial charge in [0.2, 0.25) is 16.0 Å². The maximum Gasteiger partial charge on any atom is 0.309 e. The van der Waals surface area contributed by atoms with Crippen molar-refractivity contribution >= 4 is 27.8 Å². The number of halogens is 1. The predicted molar refractivity (Wildman–Crippen MR) is 120 cm³/mol. The van der Waals surface area contributed by atoms with Gasteiger partial charge in [0.1, 0.15) is 5.82 Å². The Morgan fingerprint density at radius 1 is 0.971 bits per heavy atom. The van der Waals surface area contributed by atoms with Crippen molar-refractivity contribution in [3.63, 3.8) is 0 Å². The molecule has 182 valence electrons. The quantitative estimate of drug-likeness (QED) is 0.548. The molecule has 0 saturated carbocycles. The molecule has 0 unspecified atom stereocenters. The van der Waals surface area contributed by atoms with Gasteiger partial charge in [0.05, 0.1) is 10.8 Å². The maximum absolute atomic E-state index is 13.1. The number of rotatable bonds is 6. The summed E-state index contributed by atoms with van der Waals surface area (Å²) in [6.45, 7) is 1.48. The summed E-state index contributed by atoms with van der Waals surface area (Å²) in [4.78, 5) is 36.9. The number of sulfonamides is 1. The standard InChI is InChI=1S/C22H26FN5O5S/c23-18-2-4-19(5-3-18)34(31,32)28-14-12-26(13-15-28)20(29)16-33-21(30)17-6-10-27(11-7-17)22-24-8-1-9-25-22/h1-5,8-9,17H,6-7,10-16H2. The first-order valence-corrected chi connectivity index (χ1v) is 12.5. The van der Waals surface area contributed by atoms with Crippen molar-refractivity contribution in [2.24, 2.45) is 5.92 Å². The van der Waals surface area contributed by atoms with Crippen LogP contribution in [-0.4, -0.2) is 85.3 Å². The van der Waals surface area contributed by atoms with E-state index in [0.717, 1.165) is 12.1 Å². The number of hydrogen-bond acceptors (Lipinski definition) is 8. The second-order valence-corrected chi connectivity index (χ2v) is 10.1. The first-order valence-electron chi connectivity index (χ1n) is 11.1. The summed E-state index contributed by atoms with van der Waals surface area (Å²) >= 11 is 0. The summed E-state index contributed by atoms with van der Waals surface area (Å²) in [5.41, 5.74) is 0. The smallest absolute Gasteiger partial charge is 0.309 e. The Hall–Kier alpha value is -3.12. The second-order valence-electron chi connectivity index (χ2n) is 8.16. The monoisotopic (exact) mass is 491 g/mol. The third-order valence-electron chi connectivity index (χ3n) is 6.04. The van der Waals surface area contributed by atoms with Crippen LogP contribution in [0.15, 0.2) is 47.6 Å². The van der Waals surface area contributed by atoms with Crippen LogP contribution in [0.1, 0.15) is 12.8 Å². The highest BCUT2D eigenvalue weighted by Crippen LogP contribution is 2.22. The Morgan fingerprint density at radius 3 is 2.21 bits per heavy atom. The molecule has 2 saturated heterocycles. The summed E-state index contributed by atoms with van der Waals surface area (Å²) in [6.07, 6.45) is 4.52. The van der Waals surface area contributed by atoms with Crippen LogP contribution in [0.25, 0.3) is 0 Å². The molecular formula is C22H26FN5O5S. The van der Waals surface area contributed by atoms with Gasteiger partial charge in [-0.1, -0.05) is 0 Å². The third kappa shape index (κ3) is 5.50. The minimum absolute atomic E-state index is 0.00693. The van der Waals surface area contributed by atoms with Gasteiger partial charge < -0.3 is 14.5 Å². The third-order valence-corrected chi connectivity index (χ3v) is 7.96. The zero-order valence-electron chi connectivity index (χ0n) is 18.5. The number of aromatic nitrogens is 2. The Morgan fingerprint density at radius 2 is 1.59 bits per heavy atom. The predicted octanol–water partition coefficient (Wildman–Crippen LogP) is 0.908. The number of benzene rings is 1. The van der Waals surface area contributed by atoms with E-state index in [1.165, 1.54) is 21.3 Å². The van der Waals surface area contributed by atoms with E-state index in [1.807, 2.05) is 4.90 Å². The second kappa shape index (κ2) is 10.4. The molecule has 0 atom stereocenters. The molecule has 0 spiro atoms. The lowest BCUT2D eigenvalue weighted by Gasteiger charge is -2.34. The number of carbonyl (C=O) groups excluding carboxylic acids is 2. The first-order chi connectivity index (χ1) is 16.3. The zero-order chi connectivity index (χ0) is 24.1. The van der Waals surface area contributed by atoms with E-state index in [0.29, 0.717) is 31.9 Å². The number of piperazine rings is 1. The summed E-state index contributed by atoms with van der Waals surface area (Å²) in [5, 5.41) is 0. The van der Waals surface area contributed by atoms with Crippen molar-refractivity contribution in [2.75, 3.05) is 50.8 Å². The number of esters is 1. The molecule has 1 aromatic carbocycles. The molecule has 4 rings (SSSR count). The van der Waals surface area contributed by atoms with Crippen molar-refractivity contribution < 1.29 is 27.1 Å². The fourth-order valence-electron chi connectivity index (χ4n) is 4.05. The molecule has 1 amide bonds. The fraction of sp³-hybridized carbons (Fsp3) is 0.455. The van der Waals surface area contributed by atoms with Crippen molar-refractivity contribution in [3.05, 3.63) is 48.5 Å². The van der Waals surface area contributed by atoms with Crippen molar-refractivity contribution in [1.29, 1.82) is 0 Å². The molecule has 2 aliphatic heterocycles. The van der Waals surface area contributed by atoms with Gasteiger partial charge >= 0.3 is 5.97 Å². The van der Waals surface area contributed by atoms with Crippen LogP contribution in [0.5, 0.6) is 0 Å². The topological polar surface area (TPSA) is 113 Å². The van der Waals surface area contributed by atoms with Gasteiger partial charge in [0.25, 0.3) is 5.91 Å². The average molecular weight is 492 g/mol. The minimum atomic E-state index is -3.76. The van der Waals surface area contributed by atoms with Crippen molar-refractivity contribution in [2.45, 2.75) is 17.7 Å².